The van der Waals surface area contributed by atoms with Gasteiger partial charge in [-0.1, -0.05) is 0 Å². The third-order valence-corrected chi connectivity index (χ3v) is 2.85. The van der Waals surface area contributed by atoms with Crippen LogP contribution in [0.15, 0.2) is 0 Å². The van der Waals surface area contributed by atoms with Crippen molar-refractivity contribution in [1.82, 2.24) is 0 Å². The largest absolute Gasteiger partial charge is 0.396 e. The van der Waals surface area contributed by atoms with Gasteiger partial charge >= 0.3 is 0 Å². The van der Waals surface area contributed by atoms with Crippen LogP contribution < -0.4 is 0 Å². The van der Waals surface area contributed by atoms with E-state index in [1.165, 1.54) is 0 Å². The first-order valence-corrected chi connectivity index (χ1v) is 5.90. The van der Waals surface area contributed by atoms with Crippen LogP contribution >= 0.6 is 12.6 Å². The first-order valence-electron chi connectivity index (χ1n) is 3.66. The molecule has 6 heteroatoms. The predicted octanol–water partition coefficient (Wildman–Crippen LogP) is 0.193. The summed E-state index contributed by atoms with van der Waals surface area (Å²) in [6, 6.07) is 0. The first kappa shape index (κ1) is 12.2. The highest BCUT2D eigenvalue weighted by Crippen LogP contribution is 2.10. The molecule has 0 aromatic rings. The molecule has 1 atom stereocenters. The number of aliphatic hydroxyl groups is 1. The van der Waals surface area contributed by atoms with Crippen LogP contribution in [0.3, 0.4) is 0 Å². The Hall–Kier alpha value is 0.220. The van der Waals surface area contributed by atoms with Crippen molar-refractivity contribution in [3.63, 3.8) is 0 Å². The molecule has 4 nitrogen and oxygen atoms in total. The SMILES string of the molecule is O=S(=O)(O)CCC(CS)CCO. The van der Waals surface area contributed by atoms with Gasteiger partial charge < -0.3 is 5.11 Å². The molecule has 0 aliphatic heterocycles. The Labute approximate surface area is 78.1 Å². The van der Waals surface area contributed by atoms with Crippen LogP contribution in [0.5, 0.6) is 0 Å². The van der Waals surface area contributed by atoms with Gasteiger partial charge in [-0.3, -0.25) is 4.55 Å². The summed E-state index contributed by atoms with van der Waals surface area (Å²) in [6.07, 6.45) is 0.877. The van der Waals surface area contributed by atoms with Gasteiger partial charge in [-0.2, -0.15) is 21.0 Å². The van der Waals surface area contributed by atoms with Crippen LogP contribution in [0.2, 0.25) is 0 Å². The lowest BCUT2D eigenvalue weighted by molar-refractivity contribution is 0.262. The molecular formula is C6H14O4S2. The van der Waals surface area contributed by atoms with Gasteiger partial charge in [0.25, 0.3) is 10.1 Å². The molecule has 0 fully saturated rings. The molecule has 0 rings (SSSR count). The fraction of sp³-hybridized carbons (Fsp3) is 1.00. The van der Waals surface area contributed by atoms with Gasteiger partial charge in [0.2, 0.25) is 0 Å². The molecule has 0 spiro atoms. The summed E-state index contributed by atoms with van der Waals surface area (Å²) in [7, 11) is -3.86. The average molecular weight is 214 g/mol. The zero-order chi connectivity index (χ0) is 9.61. The Morgan fingerprint density at radius 1 is 1.33 bits per heavy atom. The summed E-state index contributed by atoms with van der Waals surface area (Å²) in [5.74, 6) is 0.328. The molecule has 0 aliphatic rings. The van der Waals surface area contributed by atoms with E-state index in [0.717, 1.165) is 0 Å². The standard InChI is InChI=1S/C6H14O4S2/c7-3-1-6(5-11)2-4-12(8,9)10/h6-7,11H,1-5H2,(H,8,9,10). The highest BCUT2D eigenvalue weighted by atomic mass is 32.2. The lowest BCUT2D eigenvalue weighted by Gasteiger charge is -2.10. The summed E-state index contributed by atoms with van der Waals surface area (Å²) >= 11 is 3.99. The Balaban J connectivity index is 3.73. The minimum absolute atomic E-state index is 0.0245. The Kier molecular flexibility index (Phi) is 5.90. The second-order valence-corrected chi connectivity index (χ2v) is 4.57. The van der Waals surface area contributed by atoms with E-state index < -0.39 is 10.1 Å². The van der Waals surface area contributed by atoms with Gasteiger partial charge in [0.1, 0.15) is 0 Å². The average Bonchev–Trinajstić information content (AvgIpc) is 1.96. The molecule has 0 aromatic heterocycles. The number of thiol groups is 1. The summed E-state index contributed by atoms with van der Waals surface area (Å²) in [4.78, 5) is 0. The van der Waals surface area contributed by atoms with Gasteiger partial charge in [0, 0.05) is 6.61 Å². The van der Waals surface area contributed by atoms with E-state index >= 15 is 0 Å². The monoisotopic (exact) mass is 214 g/mol. The van der Waals surface area contributed by atoms with Crippen molar-refractivity contribution in [1.29, 1.82) is 0 Å². The van der Waals surface area contributed by atoms with Crippen molar-refractivity contribution in [2.45, 2.75) is 12.8 Å². The Bertz CT molecular complexity index is 200. The van der Waals surface area contributed by atoms with Crippen LogP contribution in [0, 0.1) is 5.92 Å². The van der Waals surface area contributed by atoms with Crippen LogP contribution in [0.25, 0.3) is 0 Å². The zero-order valence-corrected chi connectivity index (χ0v) is 8.39. The molecular weight excluding hydrogens is 200 g/mol. The second kappa shape index (κ2) is 5.80. The topological polar surface area (TPSA) is 74.6 Å². The third kappa shape index (κ3) is 6.90. The van der Waals surface area contributed by atoms with Crippen molar-refractivity contribution in [3.05, 3.63) is 0 Å². The van der Waals surface area contributed by atoms with E-state index in [-0.39, 0.29) is 18.3 Å². The van der Waals surface area contributed by atoms with Crippen molar-refractivity contribution in [2.75, 3.05) is 18.1 Å². The Morgan fingerprint density at radius 2 is 1.92 bits per heavy atom. The highest BCUT2D eigenvalue weighted by Gasteiger charge is 2.11. The molecule has 0 saturated carbocycles. The van der Waals surface area contributed by atoms with Crippen LogP contribution in [0.4, 0.5) is 0 Å². The minimum atomic E-state index is -3.86. The van der Waals surface area contributed by atoms with Gasteiger partial charge in [0.05, 0.1) is 5.75 Å². The molecule has 0 amide bonds. The number of aliphatic hydroxyl groups excluding tert-OH is 1. The van der Waals surface area contributed by atoms with E-state index in [2.05, 4.69) is 12.6 Å². The van der Waals surface area contributed by atoms with Crippen LogP contribution in [-0.4, -0.2) is 36.2 Å². The normalized spacial score (nSPS) is 14.6. The van der Waals surface area contributed by atoms with Crippen molar-refractivity contribution in [3.8, 4) is 0 Å². The van der Waals surface area contributed by atoms with E-state index in [0.29, 0.717) is 18.6 Å². The summed E-state index contributed by atoms with van der Waals surface area (Å²) < 4.78 is 29.1. The fourth-order valence-corrected chi connectivity index (χ4v) is 1.82. The molecule has 74 valence electrons. The molecule has 0 bridgehead atoms. The maximum atomic E-state index is 10.3. The molecule has 0 heterocycles. The smallest absolute Gasteiger partial charge is 0.264 e. The van der Waals surface area contributed by atoms with Crippen molar-refractivity contribution in [2.24, 2.45) is 5.92 Å². The molecule has 2 N–H and O–H groups in total. The van der Waals surface area contributed by atoms with E-state index in [9.17, 15) is 8.42 Å². The van der Waals surface area contributed by atoms with Crippen molar-refractivity contribution < 1.29 is 18.1 Å². The predicted molar refractivity (Wildman–Crippen MR) is 50.1 cm³/mol. The number of hydrogen-bond donors (Lipinski definition) is 3. The fourth-order valence-electron chi connectivity index (χ4n) is 0.825. The zero-order valence-electron chi connectivity index (χ0n) is 6.68. The minimum Gasteiger partial charge on any atom is -0.396 e. The highest BCUT2D eigenvalue weighted by molar-refractivity contribution is 7.85. The van der Waals surface area contributed by atoms with Gasteiger partial charge in [0.15, 0.2) is 0 Å². The van der Waals surface area contributed by atoms with Crippen LogP contribution in [-0.2, 0) is 10.1 Å². The molecule has 1 unspecified atom stereocenters. The second-order valence-electron chi connectivity index (χ2n) is 2.64. The van der Waals surface area contributed by atoms with Gasteiger partial charge in [-0.15, -0.1) is 0 Å². The molecule has 0 radical (unpaired) electrons. The van der Waals surface area contributed by atoms with E-state index in [1.807, 2.05) is 0 Å². The first-order chi connectivity index (χ1) is 5.49. The molecule has 12 heavy (non-hydrogen) atoms. The van der Waals surface area contributed by atoms with Gasteiger partial charge in [-0.05, 0) is 24.5 Å². The number of rotatable bonds is 6. The molecule has 0 aromatic carbocycles. The van der Waals surface area contributed by atoms with E-state index in [4.69, 9.17) is 9.66 Å². The Morgan fingerprint density at radius 3 is 2.25 bits per heavy atom. The number of hydrogen-bond acceptors (Lipinski definition) is 4. The maximum Gasteiger partial charge on any atom is 0.264 e. The third-order valence-electron chi connectivity index (χ3n) is 1.58. The lowest BCUT2D eigenvalue weighted by atomic mass is 10.1. The quantitative estimate of drug-likeness (QED) is 0.436. The van der Waals surface area contributed by atoms with Gasteiger partial charge in [-0.25, -0.2) is 0 Å². The van der Waals surface area contributed by atoms with E-state index in [1.54, 1.807) is 0 Å². The summed E-state index contributed by atoms with van der Waals surface area (Å²) in [5.41, 5.74) is 0. The summed E-state index contributed by atoms with van der Waals surface area (Å²) in [6.45, 7) is 0.0245. The van der Waals surface area contributed by atoms with Crippen LogP contribution in [0.1, 0.15) is 12.8 Å². The molecule has 0 saturated heterocycles. The summed E-state index contributed by atoms with van der Waals surface area (Å²) in [5, 5.41) is 8.55. The molecule has 0 aliphatic carbocycles. The van der Waals surface area contributed by atoms with Crippen molar-refractivity contribution >= 4 is 22.7 Å². The maximum absolute atomic E-state index is 10.3. The lowest BCUT2D eigenvalue weighted by Crippen LogP contribution is -2.12.